The lowest BCUT2D eigenvalue weighted by molar-refractivity contribution is -0.128. The highest BCUT2D eigenvalue weighted by molar-refractivity contribution is 6.30. The average Bonchev–Trinajstić information content (AvgIpc) is 2.84. The van der Waals surface area contributed by atoms with Crippen molar-refractivity contribution in [2.75, 3.05) is 0 Å². The summed E-state index contributed by atoms with van der Waals surface area (Å²) in [6, 6.07) is 23.4. The lowest BCUT2D eigenvalue weighted by Crippen LogP contribution is -2.54. The van der Waals surface area contributed by atoms with E-state index in [0.29, 0.717) is 5.02 Å². The van der Waals surface area contributed by atoms with Crippen LogP contribution < -0.4 is 16.4 Å². The van der Waals surface area contributed by atoms with Gasteiger partial charge in [-0.3, -0.25) is 9.59 Å². The normalized spacial score (nSPS) is 12.3. The zero-order valence-corrected chi connectivity index (χ0v) is 19.2. The number of alkyl carbamates (subject to hydrolysis) is 1. The van der Waals surface area contributed by atoms with Gasteiger partial charge in [0, 0.05) is 17.9 Å². The first-order chi connectivity index (χ1) is 16.4. The SMILES string of the molecule is NC(=O)[C@@H](Cc1ccc(Cl)cc1)NC(=O)[C@@H](Cc1ccccc1)NC(=O)OCc1ccccc1. The lowest BCUT2D eigenvalue weighted by atomic mass is 10.0. The first kappa shape index (κ1) is 24.8. The van der Waals surface area contributed by atoms with Crippen molar-refractivity contribution in [1.82, 2.24) is 10.6 Å². The van der Waals surface area contributed by atoms with Gasteiger partial charge in [-0.05, 0) is 28.8 Å². The fraction of sp³-hybridized carbons (Fsp3) is 0.192. The summed E-state index contributed by atoms with van der Waals surface area (Å²) in [5.41, 5.74) is 7.97. The van der Waals surface area contributed by atoms with E-state index in [1.165, 1.54) is 0 Å². The van der Waals surface area contributed by atoms with Crippen molar-refractivity contribution in [3.8, 4) is 0 Å². The molecule has 3 amide bonds. The number of nitrogens with one attached hydrogen (secondary N) is 2. The number of halogens is 1. The van der Waals surface area contributed by atoms with Crippen molar-refractivity contribution in [1.29, 1.82) is 0 Å². The Morgan fingerprint density at radius 3 is 1.85 bits per heavy atom. The van der Waals surface area contributed by atoms with Gasteiger partial charge in [0.25, 0.3) is 0 Å². The highest BCUT2D eigenvalue weighted by atomic mass is 35.5. The van der Waals surface area contributed by atoms with Crippen LogP contribution in [0, 0.1) is 0 Å². The minimum absolute atomic E-state index is 0.0623. The molecule has 34 heavy (non-hydrogen) atoms. The molecule has 0 spiro atoms. The van der Waals surface area contributed by atoms with Gasteiger partial charge in [0.2, 0.25) is 11.8 Å². The van der Waals surface area contributed by atoms with Crippen molar-refractivity contribution in [2.45, 2.75) is 31.5 Å². The second-order valence-corrected chi connectivity index (χ2v) is 8.18. The van der Waals surface area contributed by atoms with Crippen molar-refractivity contribution in [3.63, 3.8) is 0 Å². The second kappa shape index (κ2) is 12.4. The van der Waals surface area contributed by atoms with Crippen LogP contribution in [0.25, 0.3) is 0 Å². The molecule has 0 aliphatic carbocycles. The molecule has 2 atom stereocenters. The van der Waals surface area contributed by atoms with E-state index in [0.717, 1.165) is 16.7 Å². The van der Waals surface area contributed by atoms with Gasteiger partial charge in [-0.1, -0.05) is 84.4 Å². The van der Waals surface area contributed by atoms with Crippen LogP contribution in [0.15, 0.2) is 84.9 Å². The molecule has 0 bridgehead atoms. The van der Waals surface area contributed by atoms with Gasteiger partial charge < -0.3 is 21.1 Å². The number of benzene rings is 3. The zero-order chi connectivity index (χ0) is 24.3. The topological polar surface area (TPSA) is 111 Å². The summed E-state index contributed by atoms with van der Waals surface area (Å²) in [7, 11) is 0. The Bertz CT molecular complexity index is 1090. The van der Waals surface area contributed by atoms with Crippen LogP contribution in [0.3, 0.4) is 0 Å². The molecule has 0 aliphatic heterocycles. The van der Waals surface area contributed by atoms with Crippen LogP contribution in [-0.2, 0) is 33.8 Å². The van der Waals surface area contributed by atoms with E-state index in [1.807, 2.05) is 60.7 Å². The van der Waals surface area contributed by atoms with Gasteiger partial charge in [0.15, 0.2) is 0 Å². The highest BCUT2D eigenvalue weighted by Crippen LogP contribution is 2.12. The van der Waals surface area contributed by atoms with E-state index in [4.69, 9.17) is 22.1 Å². The van der Waals surface area contributed by atoms with Gasteiger partial charge >= 0.3 is 6.09 Å². The molecule has 0 aromatic heterocycles. The molecule has 3 aromatic carbocycles. The lowest BCUT2D eigenvalue weighted by Gasteiger charge is -2.22. The number of hydrogen-bond donors (Lipinski definition) is 3. The fourth-order valence-electron chi connectivity index (χ4n) is 3.32. The third kappa shape index (κ3) is 7.94. The number of ether oxygens (including phenoxy) is 1. The molecule has 0 aliphatic rings. The summed E-state index contributed by atoms with van der Waals surface area (Å²) < 4.78 is 5.27. The molecule has 0 heterocycles. The molecule has 8 heteroatoms. The smallest absolute Gasteiger partial charge is 0.408 e. The molecule has 0 unspecified atom stereocenters. The van der Waals surface area contributed by atoms with E-state index in [-0.39, 0.29) is 19.4 Å². The summed E-state index contributed by atoms with van der Waals surface area (Å²) in [6.07, 6.45) is -0.345. The van der Waals surface area contributed by atoms with Gasteiger partial charge in [-0.2, -0.15) is 0 Å². The molecule has 3 rings (SSSR count). The third-order valence-corrected chi connectivity index (χ3v) is 5.37. The number of hydrogen-bond acceptors (Lipinski definition) is 4. The second-order valence-electron chi connectivity index (χ2n) is 7.74. The zero-order valence-electron chi connectivity index (χ0n) is 18.4. The molecule has 176 valence electrons. The fourth-order valence-corrected chi connectivity index (χ4v) is 3.44. The largest absolute Gasteiger partial charge is 0.445 e. The Balaban J connectivity index is 1.68. The summed E-state index contributed by atoms with van der Waals surface area (Å²) in [5, 5.41) is 5.83. The quantitative estimate of drug-likeness (QED) is 0.414. The molecule has 7 nitrogen and oxygen atoms in total. The Morgan fingerprint density at radius 2 is 1.26 bits per heavy atom. The van der Waals surface area contributed by atoms with Crippen LogP contribution in [0.5, 0.6) is 0 Å². The monoisotopic (exact) mass is 479 g/mol. The molecule has 0 saturated heterocycles. The molecular weight excluding hydrogens is 454 g/mol. The summed E-state index contributed by atoms with van der Waals surface area (Å²) in [5.74, 6) is -1.23. The predicted octanol–water partition coefficient (Wildman–Crippen LogP) is 3.39. The van der Waals surface area contributed by atoms with Crippen molar-refractivity contribution < 1.29 is 19.1 Å². The Morgan fingerprint density at radius 1 is 0.735 bits per heavy atom. The van der Waals surface area contributed by atoms with Gasteiger partial charge in [0.1, 0.15) is 18.7 Å². The minimum atomic E-state index is -0.974. The number of primary amides is 1. The van der Waals surface area contributed by atoms with Crippen molar-refractivity contribution in [2.24, 2.45) is 5.73 Å². The maximum atomic E-state index is 13.1. The minimum Gasteiger partial charge on any atom is -0.445 e. The Labute approximate surface area is 203 Å². The maximum absolute atomic E-state index is 13.1. The molecule has 0 radical (unpaired) electrons. The number of rotatable bonds is 10. The molecule has 4 N–H and O–H groups in total. The van der Waals surface area contributed by atoms with Crippen LogP contribution in [-0.4, -0.2) is 30.0 Å². The Hall–Kier alpha value is -3.84. The average molecular weight is 480 g/mol. The first-order valence-corrected chi connectivity index (χ1v) is 11.1. The Kier molecular flexibility index (Phi) is 9.05. The van der Waals surface area contributed by atoms with Crippen LogP contribution in [0.1, 0.15) is 16.7 Å². The highest BCUT2D eigenvalue weighted by Gasteiger charge is 2.26. The van der Waals surface area contributed by atoms with Crippen molar-refractivity contribution in [3.05, 3.63) is 107 Å². The summed E-state index contributed by atoms with van der Waals surface area (Å²) in [6.45, 7) is 0.0623. The number of carbonyl (C=O) groups excluding carboxylic acids is 3. The number of carbonyl (C=O) groups is 3. The van der Waals surface area contributed by atoms with Gasteiger partial charge in [-0.25, -0.2) is 4.79 Å². The molecule has 0 fully saturated rings. The van der Waals surface area contributed by atoms with E-state index in [2.05, 4.69) is 10.6 Å². The van der Waals surface area contributed by atoms with E-state index >= 15 is 0 Å². The first-order valence-electron chi connectivity index (χ1n) is 10.8. The van der Waals surface area contributed by atoms with Gasteiger partial charge in [-0.15, -0.1) is 0 Å². The van der Waals surface area contributed by atoms with E-state index < -0.39 is 30.0 Å². The summed E-state index contributed by atoms with van der Waals surface area (Å²) in [4.78, 5) is 37.6. The molecule has 0 saturated carbocycles. The van der Waals surface area contributed by atoms with Gasteiger partial charge in [0.05, 0.1) is 0 Å². The predicted molar refractivity (Wildman–Crippen MR) is 130 cm³/mol. The van der Waals surface area contributed by atoms with Crippen LogP contribution in [0.4, 0.5) is 4.79 Å². The molecule has 3 aromatic rings. The number of nitrogens with two attached hydrogens (primary N) is 1. The molecular formula is C26H26ClN3O4. The summed E-state index contributed by atoms with van der Waals surface area (Å²) >= 11 is 5.91. The number of amides is 3. The van der Waals surface area contributed by atoms with Crippen LogP contribution in [0.2, 0.25) is 5.02 Å². The standard InChI is InChI=1S/C26H26ClN3O4/c27-21-13-11-19(12-14-21)15-22(24(28)31)29-25(32)23(16-18-7-3-1-4-8-18)30-26(33)34-17-20-9-5-2-6-10-20/h1-14,22-23H,15-17H2,(H2,28,31)(H,29,32)(H,30,33)/t22-,23-/m1/s1. The van der Waals surface area contributed by atoms with Crippen LogP contribution >= 0.6 is 11.6 Å². The van der Waals surface area contributed by atoms with Crippen molar-refractivity contribution >= 4 is 29.5 Å². The third-order valence-electron chi connectivity index (χ3n) is 5.12. The maximum Gasteiger partial charge on any atom is 0.408 e. The van der Waals surface area contributed by atoms with E-state index in [9.17, 15) is 14.4 Å². The van der Waals surface area contributed by atoms with E-state index in [1.54, 1.807) is 24.3 Å².